The number of unbranched alkanes of at least 4 members (excludes halogenated alkanes) is 1. The molecule has 0 aliphatic heterocycles. The number of nitro groups is 1. The normalized spacial score (nSPS) is 11.4. The summed E-state index contributed by atoms with van der Waals surface area (Å²) in [7, 11) is 0. The van der Waals surface area contributed by atoms with Gasteiger partial charge in [0.1, 0.15) is 0 Å². The van der Waals surface area contributed by atoms with E-state index < -0.39 is 4.92 Å². The van der Waals surface area contributed by atoms with Crippen LogP contribution in [-0.2, 0) is 0 Å². The molecule has 110 valence electrons. The lowest BCUT2D eigenvalue weighted by Crippen LogP contribution is -2.26. The third-order valence-corrected chi connectivity index (χ3v) is 2.91. The summed E-state index contributed by atoms with van der Waals surface area (Å²) in [5.41, 5.74) is 5.50. The average Bonchev–Trinajstić information content (AvgIpc) is 2.47. The van der Waals surface area contributed by atoms with Gasteiger partial charge in [0, 0.05) is 30.9 Å². The van der Waals surface area contributed by atoms with Crippen LogP contribution in [-0.4, -0.2) is 34.0 Å². The highest BCUT2D eigenvalue weighted by molar-refractivity contribution is 5.97. The summed E-state index contributed by atoms with van der Waals surface area (Å²) in [6.07, 6.45) is 3.28. The minimum atomic E-state index is -0.509. The maximum atomic E-state index is 11.2. The molecule has 1 rings (SSSR count). The largest absolute Gasteiger partial charge is 0.409 e. The smallest absolute Gasteiger partial charge is 0.312 e. The number of oxime groups is 1. The Balaban J connectivity index is 3.21. The van der Waals surface area contributed by atoms with Crippen LogP contribution < -0.4 is 10.6 Å². The van der Waals surface area contributed by atoms with E-state index >= 15 is 0 Å². The molecule has 1 heterocycles. The standard InChI is InChI=1S/C12H19N5O3/c1-3-5-6-16(4-2)12-10(17(19)20)7-9(8-14-12)11(13)15-18/h7-8,18H,3-6H2,1-2H3,(H2,13,15). The van der Waals surface area contributed by atoms with E-state index in [1.54, 1.807) is 0 Å². The summed E-state index contributed by atoms with van der Waals surface area (Å²) >= 11 is 0. The predicted octanol–water partition coefficient (Wildman–Crippen LogP) is 1.71. The zero-order chi connectivity index (χ0) is 15.1. The van der Waals surface area contributed by atoms with Crippen molar-refractivity contribution >= 4 is 17.3 Å². The Hall–Kier alpha value is -2.38. The second-order valence-corrected chi connectivity index (χ2v) is 4.24. The van der Waals surface area contributed by atoms with E-state index in [9.17, 15) is 10.1 Å². The first-order valence-electron chi connectivity index (χ1n) is 6.42. The fourth-order valence-corrected chi connectivity index (χ4v) is 1.78. The first-order valence-corrected chi connectivity index (χ1v) is 6.42. The summed E-state index contributed by atoms with van der Waals surface area (Å²) in [4.78, 5) is 16.6. The summed E-state index contributed by atoms with van der Waals surface area (Å²) in [5, 5.41) is 22.6. The zero-order valence-corrected chi connectivity index (χ0v) is 11.6. The van der Waals surface area contributed by atoms with Gasteiger partial charge in [-0.3, -0.25) is 10.1 Å². The first kappa shape index (κ1) is 15.7. The number of hydrogen-bond donors (Lipinski definition) is 2. The number of nitrogens with zero attached hydrogens (tertiary/aromatic N) is 4. The van der Waals surface area contributed by atoms with Crippen LogP contribution in [0.5, 0.6) is 0 Å². The molecule has 0 unspecified atom stereocenters. The zero-order valence-electron chi connectivity index (χ0n) is 11.6. The lowest BCUT2D eigenvalue weighted by Gasteiger charge is -2.21. The van der Waals surface area contributed by atoms with E-state index in [0.29, 0.717) is 18.9 Å². The van der Waals surface area contributed by atoms with E-state index in [1.807, 2.05) is 11.8 Å². The Morgan fingerprint density at radius 2 is 2.30 bits per heavy atom. The molecular weight excluding hydrogens is 262 g/mol. The molecular formula is C12H19N5O3. The van der Waals surface area contributed by atoms with Crippen LogP contribution in [0.1, 0.15) is 32.3 Å². The Labute approximate surface area is 117 Å². The molecule has 0 saturated heterocycles. The minimum Gasteiger partial charge on any atom is -0.409 e. The quantitative estimate of drug-likeness (QED) is 0.258. The molecule has 0 fully saturated rings. The Morgan fingerprint density at radius 1 is 1.60 bits per heavy atom. The first-order chi connectivity index (χ1) is 9.54. The molecule has 8 heteroatoms. The SMILES string of the molecule is CCCCN(CC)c1ncc(C(N)=NO)cc1[N+](=O)[O-]. The number of rotatable bonds is 7. The number of nitrogens with two attached hydrogens (primary N) is 1. The molecule has 0 aliphatic carbocycles. The molecule has 3 N–H and O–H groups in total. The van der Waals surface area contributed by atoms with Crippen LogP contribution in [0.4, 0.5) is 11.5 Å². The van der Waals surface area contributed by atoms with Crippen molar-refractivity contribution in [2.24, 2.45) is 10.9 Å². The van der Waals surface area contributed by atoms with Crippen LogP contribution >= 0.6 is 0 Å². The number of hydrogen-bond acceptors (Lipinski definition) is 6. The maximum Gasteiger partial charge on any atom is 0.312 e. The second-order valence-electron chi connectivity index (χ2n) is 4.24. The van der Waals surface area contributed by atoms with Gasteiger partial charge in [0.2, 0.25) is 5.82 Å². The van der Waals surface area contributed by atoms with Crippen molar-refractivity contribution in [2.45, 2.75) is 26.7 Å². The number of amidine groups is 1. The van der Waals surface area contributed by atoms with Gasteiger partial charge in [-0.25, -0.2) is 4.98 Å². The van der Waals surface area contributed by atoms with Gasteiger partial charge in [0.25, 0.3) is 0 Å². The molecule has 1 aromatic heterocycles. The fourth-order valence-electron chi connectivity index (χ4n) is 1.78. The van der Waals surface area contributed by atoms with E-state index in [1.165, 1.54) is 12.3 Å². The van der Waals surface area contributed by atoms with Gasteiger partial charge in [0.15, 0.2) is 5.84 Å². The van der Waals surface area contributed by atoms with Crippen LogP contribution in [0.25, 0.3) is 0 Å². The van der Waals surface area contributed by atoms with Crippen molar-refractivity contribution in [1.82, 2.24) is 4.98 Å². The van der Waals surface area contributed by atoms with E-state index in [0.717, 1.165) is 12.8 Å². The van der Waals surface area contributed by atoms with E-state index in [-0.39, 0.29) is 17.1 Å². The van der Waals surface area contributed by atoms with Crippen molar-refractivity contribution in [3.05, 3.63) is 27.9 Å². The van der Waals surface area contributed by atoms with Gasteiger partial charge in [-0.15, -0.1) is 0 Å². The summed E-state index contributed by atoms with van der Waals surface area (Å²) in [6.45, 7) is 5.29. The molecule has 20 heavy (non-hydrogen) atoms. The lowest BCUT2D eigenvalue weighted by atomic mass is 10.2. The number of anilines is 1. The highest BCUT2D eigenvalue weighted by atomic mass is 16.6. The molecule has 0 amide bonds. The molecule has 0 saturated carbocycles. The monoisotopic (exact) mass is 281 g/mol. The Morgan fingerprint density at radius 3 is 2.80 bits per heavy atom. The minimum absolute atomic E-state index is 0.146. The van der Waals surface area contributed by atoms with Gasteiger partial charge in [-0.1, -0.05) is 18.5 Å². The highest BCUT2D eigenvalue weighted by Crippen LogP contribution is 2.26. The van der Waals surface area contributed by atoms with Crippen molar-refractivity contribution < 1.29 is 10.1 Å². The summed E-state index contributed by atoms with van der Waals surface area (Å²) in [6, 6.07) is 1.27. The average molecular weight is 281 g/mol. The molecule has 0 radical (unpaired) electrons. The van der Waals surface area contributed by atoms with Crippen LogP contribution in [0.2, 0.25) is 0 Å². The predicted molar refractivity (Wildman–Crippen MR) is 76.2 cm³/mol. The van der Waals surface area contributed by atoms with Gasteiger partial charge in [-0.2, -0.15) is 0 Å². The van der Waals surface area contributed by atoms with Crippen molar-refractivity contribution in [1.29, 1.82) is 0 Å². The fraction of sp³-hybridized carbons (Fsp3) is 0.500. The summed E-state index contributed by atoms with van der Waals surface area (Å²) in [5.74, 6) is 0.101. The van der Waals surface area contributed by atoms with E-state index in [2.05, 4.69) is 17.1 Å². The topological polar surface area (TPSA) is 118 Å². The number of pyridine rings is 1. The van der Waals surface area contributed by atoms with Crippen molar-refractivity contribution in [3.8, 4) is 0 Å². The molecule has 0 atom stereocenters. The van der Waals surface area contributed by atoms with Gasteiger partial charge in [-0.05, 0) is 13.3 Å². The van der Waals surface area contributed by atoms with Crippen LogP contribution in [0, 0.1) is 10.1 Å². The molecule has 8 nitrogen and oxygen atoms in total. The molecule has 1 aromatic rings. The van der Waals surface area contributed by atoms with Crippen LogP contribution in [0.3, 0.4) is 0 Å². The molecule has 0 aliphatic rings. The van der Waals surface area contributed by atoms with E-state index in [4.69, 9.17) is 10.9 Å². The Bertz CT molecular complexity index is 504. The third kappa shape index (κ3) is 3.56. The lowest BCUT2D eigenvalue weighted by molar-refractivity contribution is -0.384. The van der Waals surface area contributed by atoms with Gasteiger partial charge >= 0.3 is 5.69 Å². The summed E-state index contributed by atoms with van der Waals surface area (Å²) < 4.78 is 0. The van der Waals surface area contributed by atoms with Crippen molar-refractivity contribution in [2.75, 3.05) is 18.0 Å². The Kier molecular flexibility index (Phi) is 5.70. The third-order valence-electron chi connectivity index (χ3n) is 2.91. The van der Waals surface area contributed by atoms with Gasteiger partial charge in [0.05, 0.1) is 4.92 Å². The second kappa shape index (κ2) is 7.27. The molecule has 0 aromatic carbocycles. The molecule has 0 spiro atoms. The van der Waals surface area contributed by atoms with Crippen LogP contribution in [0.15, 0.2) is 17.4 Å². The van der Waals surface area contributed by atoms with Crippen molar-refractivity contribution in [3.63, 3.8) is 0 Å². The molecule has 0 bridgehead atoms. The highest BCUT2D eigenvalue weighted by Gasteiger charge is 2.21. The van der Waals surface area contributed by atoms with Gasteiger partial charge < -0.3 is 15.8 Å². The maximum absolute atomic E-state index is 11.2. The number of aromatic nitrogens is 1.